The topological polar surface area (TPSA) is 32.3 Å². The quantitative estimate of drug-likeness (QED) is 0.745. The third kappa shape index (κ3) is 1.63. The van der Waals surface area contributed by atoms with Gasteiger partial charge in [-0.25, -0.2) is 0 Å². The van der Waals surface area contributed by atoms with Crippen molar-refractivity contribution in [3.63, 3.8) is 0 Å². The van der Waals surface area contributed by atoms with Gasteiger partial charge in [0.15, 0.2) is 0 Å². The van der Waals surface area contributed by atoms with E-state index in [1.54, 1.807) is 0 Å². The van der Waals surface area contributed by atoms with Crippen LogP contribution >= 0.6 is 0 Å². The zero-order chi connectivity index (χ0) is 9.97. The Labute approximate surface area is 83.7 Å². The molecule has 1 fully saturated rings. The highest BCUT2D eigenvalue weighted by Gasteiger charge is 2.25. The fourth-order valence-corrected chi connectivity index (χ4v) is 1.50. The van der Waals surface area contributed by atoms with Crippen LogP contribution in [-0.2, 0) is 0 Å². The largest absolute Gasteiger partial charge is 0.336 e. The second-order valence-corrected chi connectivity index (χ2v) is 3.59. The molecule has 3 heteroatoms. The van der Waals surface area contributed by atoms with Crippen molar-refractivity contribution >= 4 is 5.91 Å². The predicted molar refractivity (Wildman–Crippen MR) is 55.2 cm³/mol. The first-order valence-corrected chi connectivity index (χ1v) is 4.82. The summed E-state index contributed by atoms with van der Waals surface area (Å²) in [4.78, 5) is 13.7. The Hall–Kier alpha value is -1.35. The third-order valence-corrected chi connectivity index (χ3v) is 2.65. The van der Waals surface area contributed by atoms with Crippen LogP contribution in [-0.4, -0.2) is 37.0 Å². The summed E-state index contributed by atoms with van der Waals surface area (Å²) in [6, 6.07) is 9.76. The van der Waals surface area contributed by atoms with Crippen LogP contribution in [0.15, 0.2) is 30.3 Å². The molecule has 1 saturated heterocycles. The lowest BCUT2D eigenvalue weighted by atomic mass is 10.1. The lowest BCUT2D eigenvalue weighted by molar-refractivity contribution is 0.0681. The van der Waals surface area contributed by atoms with Crippen LogP contribution in [0.4, 0.5) is 0 Å². The van der Waals surface area contributed by atoms with Crippen LogP contribution in [0.1, 0.15) is 10.4 Å². The number of likely N-dealkylation sites (N-methyl/N-ethyl adjacent to an activating group) is 1. The molecule has 1 heterocycles. The Bertz CT molecular complexity index is 319. The van der Waals surface area contributed by atoms with E-state index >= 15 is 0 Å². The van der Waals surface area contributed by atoms with E-state index in [1.807, 2.05) is 42.3 Å². The van der Waals surface area contributed by atoms with E-state index in [1.165, 1.54) is 0 Å². The molecule has 1 aromatic carbocycles. The van der Waals surface area contributed by atoms with Crippen molar-refractivity contribution in [2.75, 3.05) is 20.1 Å². The lowest BCUT2D eigenvalue weighted by Crippen LogP contribution is -2.57. The number of rotatable bonds is 2. The molecule has 3 nitrogen and oxygen atoms in total. The van der Waals surface area contributed by atoms with E-state index in [-0.39, 0.29) is 5.91 Å². The lowest BCUT2D eigenvalue weighted by Gasteiger charge is -2.35. The van der Waals surface area contributed by atoms with Gasteiger partial charge in [-0.05, 0) is 12.1 Å². The number of benzene rings is 1. The van der Waals surface area contributed by atoms with Crippen molar-refractivity contribution in [2.24, 2.45) is 0 Å². The molecule has 14 heavy (non-hydrogen) atoms. The maximum absolute atomic E-state index is 11.9. The molecule has 1 aliphatic rings. The first kappa shape index (κ1) is 9.21. The summed E-state index contributed by atoms with van der Waals surface area (Å²) in [5, 5.41) is 3.15. The molecule has 1 amide bonds. The molecule has 0 spiro atoms. The summed E-state index contributed by atoms with van der Waals surface area (Å²) in [5.41, 5.74) is 0.766. The highest BCUT2D eigenvalue weighted by molar-refractivity contribution is 5.94. The number of nitrogens with zero attached hydrogens (tertiary/aromatic N) is 1. The standard InChI is InChI=1S/C11H14N2O/c1-13(10-7-12-8-10)11(14)9-5-3-2-4-6-9/h2-6,10,12H,7-8H2,1H3. The van der Waals surface area contributed by atoms with Gasteiger partial charge < -0.3 is 10.2 Å². The maximum atomic E-state index is 11.9. The molecule has 0 aromatic heterocycles. The Morgan fingerprint density at radius 2 is 2.00 bits per heavy atom. The smallest absolute Gasteiger partial charge is 0.253 e. The van der Waals surface area contributed by atoms with E-state index in [2.05, 4.69) is 5.32 Å². The summed E-state index contributed by atoms with van der Waals surface area (Å²) < 4.78 is 0. The average molecular weight is 190 g/mol. The summed E-state index contributed by atoms with van der Waals surface area (Å²) in [6.07, 6.45) is 0. The molecule has 2 rings (SSSR count). The molecule has 0 aliphatic carbocycles. The molecule has 1 aromatic rings. The minimum absolute atomic E-state index is 0.108. The van der Waals surface area contributed by atoms with E-state index in [4.69, 9.17) is 0 Å². The number of hydrogen-bond acceptors (Lipinski definition) is 2. The Morgan fingerprint density at radius 3 is 2.50 bits per heavy atom. The fourth-order valence-electron chi connectivity index (χ4n) is 1.50. The highest BCUT2D eigenvalue weighted by Crippen LogP contribution is 2.08. The molecular formula is C11H14N2O. The second-order valence-electron chi connectivity index (χ2n) is 3.59. The number of hydrogen-bond donors (Lipinski definition) is 1. The summed E-state index contributed by atoms with van der Waals surface area (Å²) in [6.45, 7) is 1.82. The van der Waals surface area contributed by atoms with Gasteiger partial charge in [-0.3, -0.25) is 4.79 Å². The SMILES string of the molecule is CN(C(=O)c1ccccc1)C1CNC1. The van der Waals surface area contributed by atoms with Crippen LogP contribution in [0.3, 0.4) is 0 Å². The molecule has 0 saturated carbocycles. The maximum Gasteiger partial charge on any atom is 0.253 e. The fraction of sp³-hybridized carbons (Fsp3) is 0.364. The molecule has 1 N–H and O–H groups in total. The zero-order valence-corrected chi connectivity index (χ0v) is 8.23. The first-order chi connectivity index (χ1) is 6.79. The van der Waals surface area contributed by atoms with Crippen LogP contribution in [0.2, 0.25) is 0 Å². The van der Waals surface area contributed by atoms with Crippen LogP contribution in [0, 0.1) is 0 Å². The van der Waals surface area contributed by atoms with E-state index in [9.17, 15) is 4.79 Å². The van der Waals surface area contributed by atoms with Crippen LogP contribution in [0.5, 0.6) is 0 Å². The van der Waals surface area contributed by atoms with Gasteiger partial charge in [-0.1, -0.05) is 18.2 Å². The van der Waals surface area contributed by atoms with E-state index in [0.29, 0.717) is 6.04 Å². The van der Waals surface area contributed by atoms with E-state index in [0.717, 1.165) is 18.7 Å². The van der Waals surface area contributed by atoms with Gasteiger partial charge >= 0.3 is 0 Å². The Balaban J connectivity index is 2.07. The number of carbonyl (C=O) groups is 1. The molecular weight excluding hydrogens is 176 g/mol. The second kappa shape index (κ2) is 3.80. The number of amides is 1. The average Bonchev–Trinajstić information content (AvgIpc) is 2.15. The predicted octanol–water partition coefficient (Wildman–Crippen LogP) is 0.730. The minimum atomic E-state index is 0.108. The molecule has 0 bridgehead atoms. The first-order valence-electron chi connectivity index (χ1n) is 4.82. The number of carbonyl (C=O) groups excluding carboxylic acids is 1. The summed E-state index contributed by atoms with van der Waals surface area (Å²) in [5.74, 6) is 0.108. The summed E-state index contributed by atoms with van der Waals surface area (Å²) >= 11 is 0. The minimum Gasteiger partial charge on any atom is -0.336 e. The molecule has 0 unspecified atom stereocenters. The van der Waals surface area contributed by atoms with Crippen molar-refractivity contribution in [1.29, 1.82) is 0 Å². The van der Waals surface area contributed by atoms with Gasteiger partial charge in [0.25, 0.3) is 5.91 Å². The monoisotopic (exact) mass is 190 g/mol. The van der Waals surface area contributed by atoms with Crippen molar-refractivity contribution in [3.05, 3.63) is 35.9 Å². The van der Waals surface area contributed by atoms with Crippen molar-refractivity contribution < 1.29 is 4.79 Å². The van der Waals surface area contributed by atoms with Crippen molar-refractivity contribution in [2.45, 2.75) is 6.04 Å². The molecule has 1 aliphatic heterocycles. The van der Waals surface area contributed by atoms with Gasteiger partial charge in [0, 0.05) is 25.7 Å². The Morgan fingerprint density at radius 1 is 1.36 bits per heavy atom. The van der Waals surface area contributed by atoms with Gasteiger partial charge in [-0.2, -0.15) is 0 Å². The molecule has 0 radical (unpaired) electrons. The van der Waals surface area contributed by atoms with Crippen molar-refractivity contribution in [3.8, 4) is 0 Å². The van der Waals surface area contributed by atoms with Crippen molar-refractivity contribution in [1.82, 2.24) is 10.2 Å². The summed E-state index contributed by atoms with van der Waals surface area (Å²) in [7, 11) is 1.86. The normalized spacial score (nSPS) is 16.1. The van der Waals surface area contributed by atoms with Gasteiger partial charge in [0.1, 0.15) is 0 Å². The number of nitrogens with one attached hydrogen (secondary N) is 1. The van der Waals surface area contributed by atoms with Gasteiger partial charge in [0.2, 0.25) is 0 Å². The zero-order valence-electron chi connectivity index (χ0n) is 8.23. The van der Waals surface area contributed by atoms with Crippen LogP contribution in [0.25, 0.3) is 0 Å². The molecule has 0 atom stereocenters. The molecule has 74 valence electrons. The van der Waals surface area contributed by atoms with E-state index < -0.39 is 0 Å². The third-order valence-electron chi connectivity index (χ3n) is 2.65. The Kier molecular flexibility index (Phi) is 2.50. The highest BCUT2D eigenvalue weighted by atomic mass is 16.2. The van der Waals surface area contributed by atoms with Gasteiger partial charge in [0.05, 0.1) is 6.04 Å². The van der Waals surface area contributed by atoms with Gasteiger partial charge in [-0.15, -0.1) is 0 Å². The van der Waals surface area contributed by atoms with Crippen LogP contribution < -0.4 is 5.32 Å².